The van der Waals surface area contributed by atoms with Crippen LogP contribution in [0.15, 0.2) is 6.20 Å². The number of aromatic nitrogens is 1. The molecule has 0 aliphatic rings. The number of nitrogens with two attached hydrogens (primary N) is 1. The van der Waals surface area contributed by atoms with Crippen molar-refractivity contribution >= 4 is 0 Å². The van der Waals surface area contributed by atoms with Gasteiger partial charge in [0.05, 0.1) is 12.5 Å². The third kappa shape index (κ3) is 2.13. The topological polar surface area (TPSA) is 86.5 Å². The van der Waals surface area contributed by atoms with Crippen molar-refractivity contribution in [2.45, 2.75) is 19.4 Å². The first-order valence-corrected chi connectivity index (χ1v) is 4.41. The molecule has 0 aliphatic heterocycles. The Bertz CT molecular complexity index is 471. The minimum Gasteiger partial charge on any atom is -0.326 e. The summed E-state index contributed by atoms with van der Waals surface area (Å²) in [4.78, 5) is 3.60. The second kappa shape index (κ2) is 5.15. The van der Waals surface area contributed by atoms with Gasteiger partial charge in [-0.25, -0.2) is 13.8 Å². The van der Waals surface area contributed by atoms with Gasteiger partial charge in [-0.15, -0.1) is 0 Å². The van der Waals surface area contributed by atoms with Crippen LogP contribution in [0.2, 0.25) is 0 Å². The molecule has 0 bridgehead atoms. The van der Waals surface area contributed by atoms with E-state index in [1.165, 1.54) is 0 Å². The summed E-state index contributed by atoms with van der Waals surface area (Å²) in [5.41, 5.74) is 5.39. The molecular weight excluding hydrogens is 214 g/mol. The van der Waals surface area contributed by atoms with E-state index in [0.29, 0.717) is 0 Å². The van der Waals surface area contributed by atoms with Crippen LogP contribution in [0.4, 0.5) is 8.78 Å². The Hall–Kier alpha value is -2.05. The molecule has 0 unspecified atom stereocenters. The second-order valence-electron chi connectivity index (χ2n) is 2.97. The van der Waals surface area contributed by atoms with Crippen LogP contribution < -0.4 is 5.73 Å². The number of rotatable bonds is 3. The zero-order valence-corrected chi connectivity index (χ0v) is 8.24. The number of nitriles is 2. The van der Waals surface area contributed by atoms with E-state index in [1.807, 2.05) is 0 Å². The lowest BCUT2D eigenvalue weighted by Crippen LogP contribution is -2.09. The number of alkyl halides is 2. The molecule has 16 heavy (non-hydrogen) atoms. The molecule has 0 saturated heterocycles. The lowest BCUT2D eigenvalue weighted by molar-refractivity contribution is 0.150. The highest BCUT2D eigenvalue weighted by molar-refractivity contribution is 5.43. The lowest BCUT2D eigenvalue weighted by atomic mass is 9.99. The second-order valence-corrected chi connectivity index (χ2v) is 2.97. The van der Waals surface area contributed by atoms with Crippen LogP contribution in [0, 0.1) is 22.7 Å². The van der Waals surface area contributed by atoms with E-state index in [9.17, 15) is 8.78 Å². The molecule has 1 aromatic rings. The maximum atomic E-state index is 12.6. The average Bonchev–Trinajstić information content (AvgIpc) is 2.28. The molecular formula is C10H8F2N4. The van der Waals surface area contributed by atoms with Crippen LogP contribution in [-0.2, 0) is 13.0 Å². The van der Waals surface area contributed by atoms with Crippen molar-refractivity contribution in [3.63, 3.8) is 0 Å². The van der Waals surface area contributed by atoms with Gasteiger partial charge in [-0.05, 0) is 5.56 Å². The van der Waals surface area contributed by atoms with Crippen molar-refractivity contribution in [1.29, 1.82) is 10.5 Å². The summed E-state index contributed by atoms with van der Waals surface area (Å²) in [6.07, 6.45) is -2.01. The molecule has 0 amide bonds. The standard InChI is InChI=1S/C10H8F2N4/c11-10(12)8-5-16-9(4-15)7(3-14)6(8)1-2-13/h5,10H,1,3,14H2. The van der Waals surface area contributed by atoms with Crippen molar-refractivity contribution < 1.29 is 8.78 Å². The first kappa shape index (κ1) is 12.0. The van der Waals surface area contributed by atoms with Crippen LogP contribution in [0.5, 0.6) is 0 Å². The highest BCUT2D eigenvalue weighted by Crippen LogP contribution is 2.26. The molecule has 0 saturated carbocycles. The highest BCUT2D eigenvalue weighted by atomic mass is 19.3. The molecule has 0 atom stereocenters. The van der Waals surface area contributed by atoms with Crippen LogP contribution in [-0.4, -0.2) is 4.98 Å². The molecule has 0 spiro atoms. The SMILES string of the molecule is N#CCc1c(C(F)F)cnc(C#N)c1CN. The summed E-state index contributed by atoms with van der Waals surface area (Å²) in [5.74, 6) is 0. The molecule has 0 aliphatic carbocycles. The Morgan fingerprint density at radius 1 is 1.38 bits per heavy atom. The van der Waals surface area contributed by atoms with E-state index < -0.39 is 6.43 Å². The van der Waals surface area contributed by atoms with E-state index >= 15 is 0 Å². The van der Waals surface area contributed by atoms with E-state index in [1.54, 1.807) is 12.1 Å². The van der Waals surface area contributed by atoms with Crippen LogP contribution in [0.25, 0.3) is 0 Å². The van der Waals surface area contributed by atoms with E-state index in [0.717, 1.165) is 6.20 Å². The molecule has 0 radical (unpaired) electrons. The van der Waals surface area contributed by atoms with E-state index in [4.69, 9.17) is 16.3 Å². The third-order valence-electron chi connectivity index (χ3n) is 2.13. The number of nitrogens with zero attached hydrogens (tertiary/aromatic N) is 3. The molecule has 82 valence electrons. The zero-order chi connectivity index (χ0) is 12.1. The Morgan fingerprint density at radius 3 is 2.50 bits per heavy atom. The Balaban J connectivity index is 3.46. The summed E-state index contributed by atoms with van der Waals surface area (Å²) in [6, 6.07) is 3.55. The fourth-order valence-electron chi connectivity index (χ4n) is 1.40. The number of hydrogen-bond donors (Lipinski definition) is 1. The molecule has 0 aromatic carbocycles. The van der Waals surface area contributed by atoms with Crippen molar-refractivity contribution in [2.24, 2.45) is 5.73 Å². The molecule has 1 aromatic heterocycles. The largest absolute Gasteiger partial charge is 0.326 e. The quantitative estimate of drug-likeness (QED) is 0.837. The van der Waals surface area contributed by atoms with Crippen molar-refractivity contribution in [1.82, 2.24) is 4.98 Å². The van der Waals surface area contributed by atoms with Crippen LogP contribution in [0.3, 0.4) is 0 Å². The fourth-order valence-corrected chi connectivity index (χ4v) is 1.40. The summed E-state index contributed by atoms with van der Waals surface area (Å²) in [6.45, 7) is -0.0898. The fraction of sp³-hybridized carbons (Fsp3) is 0.300. The van der Waals surface area contributed by atoms with Gasteiger partial charge in [0.2, 0.25) is 0 Å². The smallest absolute Gasteiger partial charge is 0.265 e. The molecule has 1 heterocycles. The summed E-state index contributed by atoms with van der Waals surface area (Å²) >= 11 is 0. The average molecular weight is 222 g/mol. The third-order valence-corrected chi connectivity index (χ3v) is 2.13. The highest BCUT2D eigenvalue weighted by Gasteiger charge is 2.19. The van der Waals surface area contributed by atoms with Crippen molar-refractivity contribution in [3.05, 3.63) is 28.6 Å². The van der Waals surface area contributed by atoms with Gasteiger partial charge in [-0.1, -0.05) is 0 Å². The predicted molar refractivity (Wildman–Crippen MR) is 51.1 cm³/mol. The maximum Gasteiger partial charge on any atom is 0.265 e. The first-order valence-electron chi connectivity index (χ1n) is 4.41. The van der Waals surface area contributed by atoms with Gasteiger partial charge in [0.25, 0.3) is 6.43 Å². The normalized spacial score (nSPS) is 9.88. The van der Waals surface area contributed by atoms with Crippen molar-refractivity contribution in [2.75, 3.05) is 0 Å². The summed E-state index contributed by atoms with van der Waals surface area (Å²) in [7, 11) is 0. The van der Waals surface area contributed by atoms with Gasteiger partial charge in [0, 0.05) is 23.9 Å². The monoisotopic (exact) mass is 222 g/mol. The first-order chi connectivity index (χ1) is 7.65. The number of pyridine rings is 1. The van der Waals surface area contributed by atoms with Gasteiger partial charge < -0.3 is 5.73 Å². The van der Waals surface area contributed by atoms with Gasteiger partial charge in [-0.2, -0.15) is 10.5 Å². The Kier molecular flexibility index (Phi) is 3.87. The number of hydrogen-bond acceptors (Lipinski definition) is 4. The van der Waals surface area contributed by atoms with Gasteiger partial charge >= 0.3 is 0 Å². The number of halogens is 2. The molecule has 0 fully saturated rings. The van der Waals surface area contributed by atoms with Crippen molar-refractivity contribution in [3.8, 4) is 12.1 Å². The van der Waals surface area contributed by atoms with Gasteiger partial charge in [0.15, 0.2) is 0 Å². The minimum absolute atomic E-state index is 0.00264. The Morgan fingerprint density at radius 2 is 2.06 bits per heavy atom. The van der Waals surface area contributed by atoms with Crippen LogP contribution >= 0.6 is 0 Å². The van der Waals surface area contributed by atoms with Crippen LogP contribution in [0.1, 0.15) is 28.8 Å². The van der Waals surface area contributed by atoms with E-state index in [2.05, 4.69) is 4.98 Å². The molecule has 6 heteroatoms. The predicted octanol–water partition coefficient (Wildman–Crippen LogP) is 1.42. The summed E-state index contributed by atoms with van der Waals surface area (Å²) < 4.78 is 25.3. The molecule has 2 N–H and O–H groups in total. The van der Waals surface area contributed by atoms with E-state index in [-0.39, 0.29) is 35.3 Å². The minimum atomic E-state index is -2.73. The van der Waals surface area contributed by atoms with Gasteiger partial charge in [-0.3, -0.25) is 0 Å². The molecule has 4 nitrogen and oxygen atoms in total. The summed E-state index contributed by atoms with van der Waals surface area (Å²) in [5, 5.41) is 17.3. The van der Waals surface area contributed by atoms with Gasteiger partial charge in [0.1, 0.15) is 11.8 Å². The lowest BCUT2D eigenvalue weighted by Gasteiger charge is -2.11. The zero-order valence-electron chi connectivity index (χ0n) is 8.24. The Labute approximate surface area is 90.9 Å². The molecule has 1 rings (SSSR count). The maximum absolute atomic E-state index is 12.6.